The summed E-state index contributed by atoms with van der Waals surface area (Å²) in [5.74, 6) is -0.696. The van der Waals surface area contributed by atoms with Gasteiger partial charge in [0.15, 0.2) is 5.65 Å². The van der Waals surface area contributed by atoms with E-state index in [1.807, 2.05) is 6.92 Å². The average molecular weight is 658 g/mol. The Kier molecular flexibility index (Phi) is 8.54. The van der Waals surface area contributed by atoms with Gasteiger partial charge in [0.2, 0.25) is 18.0 Å². The summed E-state index contributed by atoms with van der Waals surface area (Å²) in [5, 5.41) is 39.8. The first-order valence-electron chi connectivity index (χ1n) is 14.9. The monoisotopic (exact) mass is 657 g/mol. The van der Waals surface area contributed by atoms with Gasteiger partial charge in [0.1, 0.15) is 11.6 Å². The summed E-state index contributed by atoms with van der Waals surface area (Å²) in [6.45, 7) is 4.14. The predicted octanol–water partition coefficient (Wildman–Crippen LogP) is 3.26. The highest BCUT2D eigenvalue weighted by molar-refractivity contribution is 6.36. The number of amides is 1. The molecule has 1 aromatic carbocycles. The van der Waals surface area contributed by atoms with Crippen molar-refractivity contribution in [1.29, 1.82) is 10.5 Å². The van der Waals surface area contributed by atoms with Crippen LogP contribution < -0.4 is 15.5 Å². The number of carbonyl (C=O) groups excluding carboxylic acids is 1. The molecule has 3 aliphatic rings. The van der Waals surface area contributed by atoms with Crippen LogP contribution in [0.5, 0.6) is 0 Å². The predicted molar refractivity (Wildman–Crippen MR) is 162 cm³/mol. The zero-order chi connectivity index (χ0) is 32.7. The van der Waals surface area contributed by atoms with Crippen molar-refractivity contribution in [3.8, 4) is 12.1 Å². The second-order valence-electron chi connectivity index (χ2n) is 11.8. The van der Waals surface area contributed by atoms with Crippen molar-refractivity contribution >= 4 is 46.4 Å². The van der Waals surface area contributed by atoms with Crippen LogP contribution in [0.1, 0.15) is 43.7 Å². The molecule has 2 unspecified atom stereocenters. The highest BCUT2D eigenvalue weighted by Crippen LogP contribution is 2.38. The van der Waals surface area contributed by atoms with E-state index in [0.717, 1.165) is 17.7 Å². The number of nitrogens with one attached hydrogen (secondary N) is 2. The van der Waals surface area contributed by atoms with Crippen molar-refractivity contribution in [2.45, 2.75) is 63.0 Å². The van der Waals surface area contributed by atoms with Crippen LogP contribution in [0.15, 0.2) is 18.3 Å². The Bertz CT molecular complexity index is 1720. The van der Waals surface area contributed by atoms with Gasteiger partial charge in [0, 0.05) is 50.8 Å². The van der Waals surface area contributed by atoms with Crippen LogP contribution >= 0.6 is 11.6 Å². The molecule has 46 heavy (non-hydrogen) atoms. The summed E-state index contributed by atoms with van der Waals surface area (Å²) >= 11 is 6.96. The molecule has 1 amide bonds. The molecule has 2 aromatic heterocycles. The number of halogens is 4. The summed E-state index contributed by atoms with van der Waals surface area (Å²) in [6.07, 6.45) is -3.58. The molecule has 3 aromatic rings. The largest absolute Gasteiger partial charge is 0.423 e. The van der Waals surface area contributed by atoms with Crippen LogP contribution in [0, 0.1) is 22.7 Å². The Labute approximate surface area is 267 Å². The number of nitriles is 2. The number of nitrogens with zero attached hydrogens (tertiary/aromatic N) is 9. The van der Waals surface area contributed by atoms with Gasteiger partial charge in [0.05, 0.1) is 34.2 Å². The number of fused-ring (bicyclic) bond motifs is 1. The SMILES string of the molecule is CC1CN(C2CCN(C(=O)C(O)C(F)(F)F)CC2)CCN1c1cc(C#N)cc(Nc2nc(NC3CC3)n3ncc(C#N)c3n2)c1Cl. The number of aliphatic hydroxyl groups is 1. The van der Waals surface area contributed by atoms with E-state index in [0.29, 0.717) is 66.0 Å². The zero-order valence-electron chi connectivity index (χ0n) is 24.8. The van der Waals surface area contributed by atoms with Gasteiger partial charge in [-0.2, -0.15) is 43.3 Å². The lowest BCUT2D eigenvalue weighted by Gasteiger charge is -2.46. The minimum atomic E-state index is -4.99. The number of aromatic nitrogens is 4. The van der Waals surface area contributed by atoms with Crippen LogP contribution in [0.3, 0.4) is 0 Å². The van der Waals surface area contributed by atoms with E-state index >= 15 is 0 Å². The lowest BCUT2D eigenvalue weighted by atomic mass is 10.00. The molecule has 1 saturated carbocycles. The molecule has 17 heteroatoms. The maximum atomic E-state index is 12.8. The lowest BCUT2D eigenvalue weighted by molar-refractivity contribution is -0.211. The molecule has 1 aliphatic carbocycles. The molecule has 13 nitrogen and oxygen atoms in total. The molecular weight excluding hydrogens is 627 g/mol. The minimum Gasteiger partial charge on any atom is -0.376 e. The minimum absolute atomic E-state index is 0.0355. The molecule has 2 saturated heterocycles. The number of aliphatic hydroxyl groups excluding tert-OH is 1. The number of likely N-dealkylation sites (tertiary alicyclic amines) is 1. The zero-order valence-corrected chi connectivity index (χ0v) is 25.6. The third kappa shape index (κ3) is 6.33. The second-order valence-corrected chi connectivity index (χ2v) is 12.2. The van der Waals surface area contributed by atoms with Crippen molar-refractivity contribution in [2.24, 2.45) is 0 Å². The fourth-order valence-corrected chi connectivity index (χ4v) is 6.31. The molecule has 0 bridgehead atoms. The molecular formula is C29H31ClF3N11O2. The van der Waals surface area contributed by atoms with Crippen LogP contribution in [0.4, 0.5) is 36.4 Å². The average Bonchev–Trinajstić information content (AvgIpc) is 3.76. The van der Waals surface area contributed by atoms with Gasteiger partial charge in [-0.05, 0) is 44.7 Å². The fraction of sp³-hybridized carbons (Fsp3) is 0.517. The van der Waals surface area contributed by atoms with E-state index < -0.39 is 18.2 Å². The van der Waals surface area contributed by atoms with Crippen molar-refractivity contribution < 1.29 is 23.1 Å². The molecule has 6 rings (SSSR count). The summed E-state index contributed by atoms with van der Waals surface area (Å²) in [6, 6.07) is 7.91. The molecule has 0 spiro atoms. The quantitative estimate of drug-likeness (QED) is 0.342. The molecule has 3 fully saturated rings. The number of piperazine rings is 1. The van der Waals surface area contributed by atoms with Gasteiger partial charge >= 0.3 is 6.18 Å². The third-order valence-electron chi connectivity index (χ3n) is 8.63. The maximum absolute atomic E-state index is 12.8. The number of alkyl halides is 3. The number of benzene rings is 1. The van der Waals surface area contributed by atoms with Crippen LogP contribution in [-0.4, -0.2) is 104 Å². The molecule has 4 heterocycles. The van der Waals surface area contributed by atoms with E-state index in [2.05, 4.69) is 47.6 Å². The highest BCUT2D eigenvalue weighted by Gasteiger charge is 2.46. The topological polar surface area (TPSA) is 162 Å². The Morgan fingerprint density at radius 3 is 2.48 bits per heavy atom. The smallest absolute Gasteiger partial charge is 0.376 e. The maximum Gasteiger partial charge on any atom is 0.423 e. The van der Waals surface area contributed by atoms with Gasteiger partial charge in [-0.15, -0.1) is 0 Å². The number of rotatable bonds is 7. The molecule has 0 radical (unpaired) electrons. The number of anilines is 4. The van der Waals surface area contributed by atoms with Crippen LogP contribution in [0.2, 0.25) is 5.02 Å². The fourth-order valence-electron chi connectivity index (χ4n) is 6.05. The van der Waals surface area contributed by atoms with Gasteiger partial charge in [0.25, 0.3) is 5.91 Å². The molecule has 242 valence electrons. The van der Waals surface area contributed by atoms with Gasteiger partial charge in [-0.1, -0.05) is 11.6 Å². The van der Waals surface area contributed by atoms with E-state index in [-0.39, 0.29) is 42.7 Å². The van der Waals surface area contributed by atoms with E-state index in [9.17, 15) is 33.6 Å². The van der Waals surface area contributed by atoms with Crippen LogP contribution in [0.25, 0.3) is 5.65 Å². The van der Waals surface area contributed by atoms with Gasteiger partial charge in [-0.25, -0.2) is 0 Å². The van der Waals surface area contributed by atoms with Crippen molar-refractivity contribution in [2.75, 3.05) is 48.3 Å². The lowest BCUT2D eigenvalue weighted by Crippen LogP contribution is -2.58. The Balaban J connectivity index is 1.17. The summed E-state index contributed by atoms with van der Waals surface area (Å²) in [5.41, 5.74) is 2.05. The van der Waals surface area contributed by atoms with Crippen molar-refractivity contribution in [3.63, 3.8) is 0 Å². The van der Waals surface area contributed by atoms with Crippen molar-refractivity contribution in [1.82, 2.24) is 29.4 Å². The summed E-state index contributed by atoms with van der Waals surface area (Å²) in [4.78, 5) is 26.6. The third-order valence-corrected chi connectivity index (χ3v) is 9.03. The van der Waals surface area contributed by atoms with Crippen molar-refractivity contribution in [3.05, 3.63) is 34.5 Å². The van der Waals surface area contributed by atoms with E-state index in [1.165, 1.54) is 10.7 Å². The molecule has 2 atom stereocenters. The molecule has 2 aliphatic heterocycles. The highest BCUT2D eigenvalue weighted by atomic mass is 35.5. The first-order valence-corrected chi connectivity index (χ1v) is 15.3. The summed E-state index contributed by atoms with van der Waals surface area (Å²) < 4.78 is 39.9. The van der Waals surface area contributed by atoms with E-state index in [4.69, 9.17) is 11.6 Å². The second kappa shape index (κ2) is 12.4. The Morgan fingerprint density at radius 2 is 1.85 bits per heavy atom. The first kappa shape index (κ1) is 31.6. The van der Waals surface area contributed by atoms with E-state index in [1.54, 1.807) is 12.1 Å². The van der Waals surface area contributed by atoms with Gasteiger partial charge < -0.3 is 25.5 Å². The number of hydrogen-bond donors (Lipinski definition) is 3. The first-order chi connectivity index (χ1) is 22.0. The number of piperidine rings is 1. The normalized spacial score (nSPS) is 20.3. The Morgan fingerprint density at radius 1 is 1.11 bits per heavy atom. The number of hydrogen-bond acceptors (Lipinski definition) is 11. The summed E-state index contributed by atoms with van der Waals surface area (Å²) in [7, 11) is 0. The van der Waals surface area contributed by atoms with Gasteiger partial charge in [-0.3, -0.25) is 9.69 Å². The number of carbonyl (C=O) groups is 1. The molecule has 3 N–H and O–H groups in total. The van der Waals surface area contributed by atoms with Crippen LogP contribution in [-0.2, 0) is 4.79 Å². The Hall–Kier alpha value is -4.38. The standard InChI is InChI=1S/C29H31ClF3N11O2/c1-16-15-42(20-4-6-41(7-5-20)26(46)24(45)29(31,32)33)8-9-43(16)22-11-17(12-34)10-21(23(22)30)38-27-39-25-18(13-35)14-36-44(25)28(40-27)37-19-2-3-19/h10-11,14,16,19-20,24,45H,2-9,15H2,1H3,(H2,37,38,39,40).